The van der Waals surface area contributed by atoms with Crippen molar-refractivity contribution in [2.45, 2.75) is 52.2 Å². The van der Waals surface area contributed by atoms with Crippen LogP contribution in [0.3, 0.4) is 0 Å². The molecule has 0 saturated heterocycles. The molecule has 0 spiro atoms. The van der Waals surface area contributed by atoms with Gasteiger partial charge in [0.15, 0.2) is 5.03 Å². The van der Waals surface area contributed by atoms with Crippen molar-refractivity contribution in [3.8, 4) is 22.9 Å². The SMILES string of the molecule is Cc1cc(C)c(Oc2nc(-c3ccc(C(C)(C)O)cc3)ccc2C(=O)NS(=O)(=O)c2cccc(C)n2)c(C)c1. The molecule has 39 heavy (non-hydrogen) atoms. The number of pyridine rings is 2. The van der Waals surface area contributed by atoms with Crippen LogP contribution in [0.1, 0.15) is 52.2 Å². The van der Waals surface area contributed by atoms with Gasteiger partial charge in [-0.2, -0.15) is 8.42 Å². The minimum absolute atomic E-state index is 0.0426. The highest BCUT2D eigenvalue weighted by Crippen LogP contribution is 2.33. The van der Waals surface area contributed by atoms with E-state index in [-0.39, 0.29) is 16.5 Å². The summed E-state index contributed by atoms with van der Waals surface area (Å²) in [5, 5.41) is 10.0. The monoisotopic (exact) mass is 545 g/mol. The van der Waals surface area contributed by atoms with Crippen LogP contribution < -0.4 is 9.46 Å². The van der Waals surface area contributed by atoms with Crippen LogP contribution in [0.5, 0.6) is 11.6 Å². The molecule has 1 amide bonds. The molecule has 4 rings (SSSR count). The molecule has 2 heterocycles. The number of nitrogens with one attached hydrogen (secondary N) is 1. The van der Waals surface area contributed by atoms with Crippen molar-refractivity contribution in [1.82, 2.24) is 14.7 Å². The molecular formula is C30H31N3O5S. The van der Waals surface area contributed by atoms with E-state index in [0.29, 0.717) is 17.1 Å². The molecule has 0 saturated carbocycles. The van der Waals surface area contributed by atoms with Gasteiger partial charge in [-0.1, -0.05) is 48.0 Å². The number of aromatic nitrogens is 2. The predicted octanol–water partition coefficient (Wildman–Crippen LogP) is 5.52. The third-order valence-corrected chi connectivity index (χ3v) is 7.39. The summed E-state index contributed by atoms with van der Waals surface area (Å²) in [5.74, 6) is -0.411. The van der Waals surface area contributed by atoms with E-state index < -0.39 is 21.5 Å². The number of nitrogens with zero attached hydrogens (tertiary/aromatic N) is 2. The molecule has 0 aliphatic heterocycles. The zero-order chi connectivity index (χ0) is 28.5. The average Bonchev–Trinajstić information content (AvgIpc) is 2.85. The Labute approximate surface area is 228 Å². The summed E-state index contributed by atoms with van der Waals surface area (Å²) in [7, 11) is -4.24. The fourth-order valence-electron chi connectivity index (χ4n) is 4.22. The summed E-state index contributed by atoms with van der Waals surface area (Å²) in [6.45, 7) is 10.8. The van der Waals surface area contributed by atoms with Gasteiger partial charge in [-0.25, -0.2) is 14.7 Å². The molecule has 2 aromatic heterocycles. The lowest BCUT2D eigenvalue weighted by molar-refractivity contribution is 0.0786. The van der Waals surface area contributed by atoms with Gasteiger partial charge in [-0.05, 0) is 82.5 Å². The largest absolute Gasteiger partial charge is 0.438 e. The Kier molecular flexibility index (Phi) is 7.59. The Morgan fingerprint density at radius 3 is 2.13 bits per heavy atom. The molecule has 0 aliphatic carbocycles. The first-order chi connectivity index (χ1) is 18.2. The van der Waals surface area contributed by atoms with E-state index in [0.717, 1.165) is 27.8 Å². The van der Waals surface area contributed by atoms with Crippen molar-refractivity contribution < 1.29 is 23.1 Å². The first-order valence-electron chi connectivity index (χ1n) is 12.4. The smallest absolute Gasteiger partial charge is 0.281 e. The van der Waals surface area contributed by atoms with Crippen LogP contribution in [0.15, 0.2) is 71.8 Å². The number of hydrogen-bond donors (Lipinski definition) is 2. The van der Waals surface area contributed by atoms with E-state index in [1.165, 1.54) is 12.1 Å². The molecule has 0 fully saturated rings. The maximum absolute atomic E-state index is 13.3. The van der Waals surface area contributed by atoms with Crippen molar-refractivity contribution in [2.24, 2.45) is 0 Å². The lowest BCUT2D eigenvalue weighted by Gasteiger charge is -2.18. The summed E-state index contributed by atoms with van der Waals surface area (Å²) in [6.07, 6.45) is 0. The quantitative estimate of drug-likeness (QED) is 0.314. The molecule has 9 heteroatoms. The number of sulfonamides is 1. The maximum atomic E-state index is 13.3. The molecule has 0 aliphatic rings. The van der Waals surface area contributed by atoms with Crippen LogP contribution in [0, 0.1) is 27.7 Å². The first-order valence-corrected chi connectivity index (χ1v) is 13.8. The van der Waals surface area contributed by atoms with Gasteiger partial charge in [0.25, 0.3) is 15.9 Å². The van der Waals surface area contributed by atoms with Gasteiger partial charge in [0.2, 0.25) is 5.88 Å². The van der Waals surface area contributed by atoms with Gasteiger partial charge >= 0.3 is 0 Å². The van der Waals surface area contributed by atoms with Crippen LogP contribution in [-0.2, 0) is 15.6 Å². The molecular weight excluding hydrogens is 514 g/mol. The number of hydrogen-bond acceptors (Lipinski definition) is 7. The normalized spacial score (nSPS) is 11.8. The number of benzene rings is 2. The van der Waals surface area contributed by atoms with Gasteiger partial charge in [0, 0.05) is 11.3 Å². The van der Waals surface area contributed by atoms with Crippen LogP contribution in [0.2, 0.25) is 0 Å². The standard InChI is InChI=1S/C30H31N3O5S/c1-18-16-19(2)27(20(3)17-18)38-29-24(28(34)33-39(36,37)26-9-7-8-21(4)31-26)14-15-25(32-29)22-10-12-23(13-11-22)30(5,6)35/h7-17,35H,1-6H3,(H,33,34). The van der Waals surface area contributed by atoms with Crippen LogP contribution in [0.4, 0.5) is 0 Å². The number of ether oxygens (including phenoxy) is 1. The Bertz CT molecular complexity index is 1630. The number of carbonyl (C=O) groups is 1. The molecule has 0 bridgehead atoms. The zero-order valence-electron chi connectivity index (χ0n) is 22.7. The van der Waals surface area contributed by atoms with Gasteiger partial charge in [-0.3, -0.25) is 4.79 Å². The molecule has 202 valence electrons. The Balaban J connectivity index is 1.77. The van der Waals surface area contributed by atoms with Crippen molar-refractivity contribution in [3.05, 3.63) is 100 Å². The van der Waals surface area contributed by atoms with E-state index in [4.69, 9.17) is 4.74 Å². The van der Waals surface area contributed by atoms with E-state index in [1.54, 1.807) is 51.1 Å². The first kappa shape index (κ1) is 27.9. The van der Waals surface area contributed by atoms with Crippen LogP contribution in [0.25, 0.3) is 11.3 Å². The second-order valence-electron chi connectivity index (χ2n) is 10.1. The van der Waals surface area contributed by atoms with Gasteiger partial charge < -0.3 is 9.84 Å². The van der Waals surface area contributed by atoms with Gasteiger partial charge in [-0.15, -0.1) is 0 Å². The van der Waals surface area contributed by atoms with Crippen molar-refractivity contribution in [2.75, 3.05) is 0 Å². The summed E-state index contributed by atoms with van der Waals surface area (Å²) in [5.41, 5.74) is 4.17. The van der Waals surface area contributed by atoms with Crippen molar-refractivity contribution >= 4 is 15.9 Å². The number of aryl methyl sites for hydroxylation is 4. The Hall–Kier alpha value is -4.08. The highest BCUT2D eigenvalue weighted by molar-refractivity contribution is 7.90. The Morgan fingerprint density at radius 2 is 1.54 bits per heavy atom. The van der Waals surface area contributed by atoms with E-state index in [2.05, 4.69) is 14.7 Å². The van der Waals surface area contributed by atoms with Crippen molar-refractivity contribution in [3.63, 3.8) is 0 Å². The molecule has 0 unspecified atom stereocenters. The fourth-order valence-corrected chi connectivity index (χ4v) is 5.20. The van der Waals surface area contributed by atoms with Crippen molar-refractivity contribution in [1.29, 1.82) is 0 Å². The number of carbonyl (C=O) groups excluding carboxylic acids is 1. The third kappa shape index (κ3) is 6.32. The predicted molar refractivity (Wildman–Crippen MR) is 149 cm³/mol. The topological polar surface area (TPSA) is 118 Å². The fraction of sp³-hybridized carbons (Fsp3) is 0.233. The second kappa shape index (κ2) is 10.6. The van der Waals surface area contributed by atoms with E-state index >= 15 is 0 Å². The number of amides is 1. The molecule has 2 N–H and O–H groups in total. The molecule has 0 radical (unpaired) electrons. The lowest BCUT2D eigenvalue weighted by atomic mass is 9.96. The Morgan fingerprint density at radius 1 is 0.897 bits per heavy atom. The highest BCUT2D eigenvalue weighted by atomic mass is 32.2. The summed E-state index contributed by atoms with van der Waals surface area (Å²) in [4.78, 5) is 21.9. The van der Waals surface area contributed by atoms with E-state index in [1.807, 2.05) is 45.0 Å². The van der Waals surface area contributed by atoms with E-state index in [9.17, 15) is 18.3 Å². The zero-order valence-corrected chi connectivity index (χ0v) is 23.6. The summed E-state index contributed by atoms with van der Waals surface area (Å²) >= 11 is 0. The number of rotatable bonds is 7. The molecule has 8 nitrogen and oxygen atoms in total. The maximum Gasteiger partial charge on any atom is 0.281 e. The van der Waals surface area contributed by atoms with Crippen LogP contribution in [-0.4, -0.2) is 29.4 Å². The molecule has 2 aromatic carbocycles. The molecule has 0 atom stereocenters. The minimum atomic E-state index is -4.24. The summed E-state index contributed by atoms with van der Waals surface area (Å²) < 4.78 is 34.1. The third-order valence-electron chi connectivity index (χ3n) is 6.16. The average molecular weight is 546 g/mol. The number of aliphatic hydroxyl groups is 1. The van der Waals surface area contributed by atoms with Crippen LogP contribution >= 0.6 is 0 Å². The second-order valence-corrected chi connectivity index (χ2v) is 11.7. The highest BCUT2D eigenvalue weighted by Gasteiger charge is 2.25. The lowest BCUT2D eigenvalue weighted by Crippen LogP contribution is -2.31. The van der Waals surface area contributed by atoms with Gasteiger partial charge in [0.05, 0.1) is 11.3 Å². The molecule has 4 aromatic rings. The summed E-state index contributed by atoms with van der Waals surface area (Å²) in [6, 6.07) is 18.8. The van der Waals surface area contributed by atoms with Gasteiger partial charge in [0.1, 0.15) is 11.3 Å². The minimum Gasteiger partial charge on any atom is -0.438 e.